The minimum absolute atomic E-state index is 0.0549. The molecule has 1 aliphatic rings. The van der Waals surface area contributed by atoms with Crippen molar-refractivity contribution in [3.63, 3.8) is 0 Å². The Hall–Kier alpha value is -0.250. The van der Waals surface area contributed by atoms with Gasteiger partial charge < -0.3 is 5.32 Å². The van der Waals surface area contributed by atoms with Crippen LogP contribution in [0.4, 0.5) is 4.39 Å². The molecule has 100 valence electrons. The predicted molar refractivity (Wildman–Crippen MR) is 77.8 cm³/mol. The van der Waals surface area contributed by atoms with E-state index in [4.69, 9.17) is 11.6 Å². The Morgan fingerprint density at radius 3 is 2.89 bits per heavy atom. The molecule has 1 aromatic rings. The quantitative estimate of drug-likeness (QED) is 0.875. The fourth-order valence-corrected chi connectivity index (χ4v) is 3.97. The Kier molecular flexibility index (Phi) is 4.25. The van der Waals surface area contributed by atoms with Crippen molar-refractivity contribution in [3.8, 4) is 0 Å². The minimum atomic E-state index is -0.246. The zero-order valence-corrected chi connectivity index (χ0v) is 12.6. The summed E-state index contributed by atoms with van der Waals surface area (Å²) in [5.74, 6) is 0.607. The highest BCUT2D eigenvalue weighted by Crippen LogP contribution is 2.47. The molecular formula is C14H19ClFNS. The molecule has 1 aromatic carbocycles. The van der Waals surface area contributed by atoms with E-state index < -0.39 is 0 Å². The third-order valence-electron chi connectivity index (χ3n) is 3.39. The molecule has 1 unspecified atom stereocenters. The summed E-state index contributed by atoms with van der Waals surface area (Å²) in [6.07, 6.45) is 1.07. The van der Waals surface area contributed by atoms with Crippen LogP contribution in [0.25, 0.3) is 0 Å². The van der Waals surface area contributed by atoms with Gasteiger partial charge in [-0.1, -0.05) is 18.5 Å². The maximum absolute atomic E-state index is 13.6. The molecule has 0 aromatic heterocycles. The third kappa shape index (κ3) is 2.68. The molecule has 1 atom stereocenters. The lowest BCUT2D eigenvalue weighted by Gasteiger charge is -2.40. The van der Waals surface area contributed by atoms with Crippen molar-refractivity contribution in [3.05, 3.63) is 34.1 Å². The molecule has 0 bridgehead atoms. The largest absolute Gasteiger partial charge is 0.309 e. The lowest BCUT2D eigenvalue weighted by molar-refractivity contribution is 0.437. The van der Waals surface area contributed by atoms with Gasteiger partial charge >= 0.3 is 0 Å². The standard InChI is InChI=1S/C14H19ClFNS/c1-4-5-17-13-10-6-9(16)7-12(15)11(10)8-18-14(13,2)3/h6-7,13,17H,4-5,8H2,1-3H3. The summed E-state index contributed by atoms with van der Waals surface area (Å²) in [6, 6.07) is 3.20. The average Bonchev–Trinajstić information content (AvgIpc) is 2.26. The van der Waals surface area contributed by atoms with Crippen molar-refractivity contribution in [2.24, 2.45) is 0 Å². The highest BCUT2D eigenvalue weighted by atomic mass is 35.5. The van der Waals surface area contributed by atoms with Crippen molar-refractivity contribution in [2.45, 2.75) is 43.7 Å². The molecule has 0 spiro atoms. The normalized spacial score (nSPS) is 21.7. The van der Waals surface area contributed by atoms with E-state index in [1.165, 1.54) is 6.07 Å². The molecule has 1 N–H and O–H groups in total. The number of hydrogen-bond donors (Lipinski definition) is 1. The lowest BCUT2D eigenvalue weighted by atomic mass is 9.91. The molecule has 2 rings (SSSR count). The topological polar surface area (TPSA) is 12.0 Å². The van der Waals surface area contributed by atoms with E-state index in [1.54, 1.807) is 6.07 Å². The van der Waals surface area contributed by atoms with Gasteiger partial charge in [-0.05, 0) is 50.1 Å². The zero-order valence-electron chi connectivity index (χ0n) is 11.0. The molecular weight excluding hydrogens is 269 g/mol. The first kappa shape index (κ1) is 14.2. The van der Waals surface area contributed by atoms with Gasteiger partial charge in [0.15, 0.2) is 0 Å². The van der Waals surface area contributed by atoms with E-state index in [9.17, 15) is 4.39 Å². The molecule has 0 saturated carbocycles. The molecule has 0 aliphatic carbocycles. The number of halogens is 2. The maximum atomic E-state index is 13.6. The summed E-state index contributed by atoms with van der Waals surface area (Å²) in [7, 11) is 0. The smallest absolute Gasteiger partial charge is 0.125 e. The van der Waals surface area contributed by atoms with Crippen LogP contribution in [-0.2, 0) is 5.75 Å². The first-order chi connectivity index (χ1) is 8.45. The number of nitrogens with one attached hydrogen (secondary N) is 1. The van der Waals surface area contributed by atoms with Gasteiger partial charge in [-0.15, -0.1) is 11.8 Å². The summed E-state index contributed by atoms with van der Waals surface area (Å²) in [5, 5.41) is 4.08. The number of rotatable bonds is 3. The van der Waals surface area contributed by atoms with Gasteiger partial charge in [-0.2, -0.15) is 0 Å². The van der Waals surface area contributed by atoms with Gasteiger partial charge in [0.1, 0.15) is 5.82 Å². The highest BCUT2D eigenvalue weighted by molar-refractivity contribution is 8.00. The second kappa shape index (κ2) is 5.40. The molecule has 4 heteroatoms. The van der Waals surface area contributed by atoms with Crippen LogP contribution in [-0.4, -0.2) is 11.3 Å². The first-order valence-electron chi connectivity index (χ1n) is 6.31. The molecule has 0 saturated heterocycles. The van der Waals surface area contributed by atoms with Crippen LogP contribution < -0.4 is 5.32 Å². The van der Waals surface area contributed by atoms with Crippen LogP contribution in [0.3, 0.4) is 0 Å². The molecule has 1 heterocycles. The fourth-order valence-electron chi connectivity index (χ4n) is 2.39. The Morgan fingerprint density at radius 1 is 1.50 bits per heavy atom. The molecule has 0 amide bonds. The SMILES string of the molecule is CCCNC1c2cc(F)cc(Cl)c2CSC1(C)C. The molecule has 1 aliphatic heterocycles. The zero-order chi connectivity index (χ0) is 13.3. The first-order valence-corrected chi connectivity index (χ1v) is 7.67. The lowest BCUT2D eigenvalue weighted by Crippen LogP contribution is -2.40. The Balaban J connectivity index is 2.43. The van der Waals surface area contributed by atoms with Crippen LogP contribution in [0.15, 0.2) is 12.1 Å². The summed E-state index contributed by atoms with van der Waals surface area (Å²) >= 11 is 8.03. The Morgan fingerprint density at radius 2 is 2.22 bits per heavy atom. The van der Waals surface area contributed by atoms with Gasteiger partial charge in [0, 0.05) is 21.6 Å². The van der Waals surface area contributed by atoms with Crippen LogP contribution >= 0.6 is 23.4 Å². The third-order valence-corrected chi connectivity index (χ3v) is 5.14. The number of thioether (sulfide) groups is 1. The monoisotopic (exact) mass is 287 g/mol. The van der Waals surface area contributed by atoms with Gasteiger partial charge in [0.25, 0.3) is 0 Å². The van der Waals surface area contributed by atoms with E-state index in [2.05, 4.69) is 26.1 Å². The molecule has 0 radical (unpaired) electrons. The predicted octanol–water partition coefficient (Wildman–Crippen LogP) is 4.55. The molecule has 18 heavy (non-hydrogen) atoms. The van der Waals surface area contributed by atoms with Gasteiger partial charge in [-0.3, -0.25) is 0 Å². The number of fused-ring (bicyclic) bond motifs is 1. The fraction of sp³-hybridized carbons (Fsp3) is 0.571. The van der Waals surface area contributed by atoms with E-state index >= 15 is 0 Å². The maximum Gasteiger partial charge on any atom is 0.125 e. The minimum Gasteiger partial charge on any atom is -0.309 e. The van der Waals surface area contributed by atoms with E-state index in [0.717, 1.165) is 29.8 Å². The summed E-state index contributed by atoms with van der Waals surface area (Å²) in [5.41, 5.74) is 2.10. The van der Waals surface area contributed by atoms with Crippen molar-refractivity contribution in [1.82, 2.24) is 5.32 Å². The molecule has 0 fully saturated rings. The van der Waals surface area contributed by atoms with Crippen LogP contribution in [0.1, 0.15) is 44.4 Å². The summed E-state index contributed by atoms with van der Waals surface area (Å²) in [6.45, 7) is 7.47. The van der Waals surface area contributed by atoms with Crippen molar-refractivity contribution < 1.29 is 4.39 Å². The van der Waals surface area contributed by atoms with Crippen LogP contribution in [0.5, 0.6) is 0 Å². The summed E-state index contributed by atoms with van der Waals surface area (Å²) < 4.78 is 13.6. The molecule has 1 nitrogen and oxygen atoms in total. The second-order valence-electron chi connectivity index (χ2n) is 5.23. The Labute approximate surface area is 117 Å². The van der Waals surface area contributed by atoms with Crippen molar-refractivity contribution >= 4 is 23.4 Å². The van der Waals surface area contributed by atoms with Crippen LogP contribution in [0, 0.1) is 5.82 Å². The summed E-state index contributed by atoms with van der Waals surface area (Å²) in [4.78, 5) is 0. The van der Waals surface area contributed by atoms with E-state index in [-0.39, 0.29) is 16.6 Å². The van der Waals surface area contributed by atoms with Crippen LogP contribution in [0.2, 0.25) is 5.02 Å². The van der Waals surface area contributed by atoms with Gasteiger partial charge in [0.05, 0.1) is 0 Å². The van der Waals surface area contributed by atoms with Gasteiger partial charge in [-0.25, -0.2) is 4.39 Å². The average molecular weight is 288 g/mol. The number of hydrogen-bond acceptors (Lipinski definition) is 2. The van der Waals surface area contributed by atoms with Crippen molar-refractivity contribution in [2.75, 3.05) is 6.54 Å². The number of benzene rings is 1. The Bertz CT molecular complexity index is 448. The second-order valence-corrected chi connectivity index (χ2v) is 7.27. The van der Waals surface area contributed by atoms with E-state index in [0.29, 0.717) is 5.02 Å². The highest BCUT2D eigenvalue weighted by Gasteiger charge is 2.37. The van der Waals surface area contributed by atoms with E-state index in [1.807, 2.05) is 11.8 Å². The van der Waals surface area contributed by atoms with Gasteiger partial charge in [0.2, 0.25) is 0 Å². The van der Waals surface area contributed by atoms with Crippen molar-refractivity contribution in [1.29, 1.82) is 0 Å².